The molecule has 0 bridgehead atoms. The Morgan fingerprint density at radius 2 is 1.88 bits per heavy atom. The smallest absolute Gasteiger partial charge is 0.142 e. The van der Waals surface area contributed by atoms with Crippen molar-refractivity contribution in [3.8, 4) is 34.2 Å². The van der Waals surface area contributed by atoms with Gasteiger partial charge in [-0.2, -0.15) is 5.26 Å². The van der Waals surface area contributed by atoms with E-state index >= 15 is 0 Å². The lowest BCUT2D eigenvalue weighted by atomic mass is 9.98. The molecule has 0 unspecified atom stereocenters. The Balaban J connectivity index is 2.12. The number of halogens is 1. The third-order valence-electron chi connectivity index (χ3n) is 3.76. The second kappa shape index (κ2) is 7.25. The minimum Gasteiger partial charge on any atom is -0.494 e. The van der Waals surface area contributed by atoms with Gasteiger partial charge in [-0.05, 0) is 55.0 Å². The van der Waals surface area contributed by atoms with Gasteiger partial charge in [0.25, 0.3) is 0 Å². The maximum atomic E-state index is 9.47. The zero-order valence-corrected chi connectivity index (χ0v) is 14.4. The molecule has 0 saturated heterocycles. The summed E-state index contributed by atoms with van der Waals surface area (Å²) in [6, 6.07) is 18.9. The van der Waals surface area contributed by atoms with Crippen molar-refractivity contribution in [2.45, 2.75) is 6.92 Å². The van der Waals surface area contributed by atoms with Gasteiger partial charge in [-0.3, -0.25) is 0 Å². The van der Waals surface area contributed by atoms with Crippen LogP contribution in [-0.2, 0) is 0 Å². The summed E-state index contributed by atoms with van der Waals surface area (Å²) in [6.07, 6.45) is 0. The number of benzene rings is 2. The first-order valence-electron chi connectivity index (χ1n) is 7.82. The number of aromatic nitrogens is 1. The van der Waals surface area contributed by atoms with Crippen LogP contribution >= 0.6 is 11.6 Å². The van der Waals surface area contributed by atoms with Crippen molar-refractivity contribution < 1.29 is 4.74 Å². The van der Waals surface area contributed by atoms with Crippen LogP contribution in [0.2, 0.25) is 5.02 Å². The molecule has 0 aliphatic rings. The molecule has 0 aliphatic carbocycles. The topological polar surface area (TPSA) is 71.9 Å². The summed E-state index contributed by atoms with van der Waals surface area (Å²) in [4.78, 5) is 4.38. The fourth-order valence-corrected chi connectivity index (χ4v) is 2.79. The van der Waals surface area contributed by atoms with Crippen molar-refractivity contribution >= 4 is 17.4 Å². The normalized spacial score (nSPS) is 10.3. The first-order chi connectivity index (χ1) is 12.1. The number of ether oxygens (including phenoxy) is 1. The molecule has 124 valence electrons. The highest BCUT2D eigenvalue weighted by atomic mass is 35.5. The Morgan fingerprint density at radius 1 is 1.12 bits per heavy atom. The second-order valence-corrected chi connectivity index (χ2v) is 5.83. The Kier molecular flexibility index (Phi) is 4.87. The van der Waals surface area contributed by atoms with E-state index < -0.39 is 0 Å². The summed E-state index contributed by atoms with van der Waals surface area (Å²) in [5.41, 5.74) is 9.49. The standard InChI is InChI=1S/C20H16ClN3O/c1-2-25-16-8-6-13(7-9-16)19-11-17(18(12-22)20(23)24-19)14-4-3-5-15(21)10-14/h3-11H,2H2,1H3,(H2,23,24). The van der Waals surface area contributed by atoms with Crippen LogP contribution < -0.4 is 10.5 Å². The monoisotopic (exact) mass is 349 g/mol. The van der Waals surface area contributed by atoms with Crippen molar-refractivity contribution in [1.82, 2.24) is 4.98 Å². The van der Waals surface area contributed by atoms with Gasteiger partial charge in [-0.15, -0.1) is 0 Å². The van der Waals surface area contributed by atoms with Crippen LogP contribution in [0, 0.1) is 11.3 Å². The molecule has 3 rings (SSSR count). The van der Waals surface area contributed by atoms with Gasteiger partial charge in [0.2, 0.25) is 0 Å². The number of nitrogen functional groups attached to an aromatic ring is 1. The number of nitrogens with zero attached hydrogens (tertiary/aromatic N) is 2. The van der Waals surface area contributed by atoms with E-state index in [9.17, 15) is 5.26 Å². The predicted octanol–water partition coefficient (Wildman–Crippen LogP) is 4.92. The van der Waals surface area contributed by atoms with E-state index in [-0.39, 0.29) is 5.82 Å². The molecule has 2 aromatic carbocycles. The molecule has 1 heterocycles. The summed E-state index contributed by atoms with van der Waals surface area (Å²) < 4.78 is 5.46. The van der Waals surface area contributed by atoms with Gasteiger partial charge in [0, 0.05) is 16.1 Å². The zero-order chi connectivity index (χ0) is 17.8. The van der Waals surface area contributed by atoms with Gasteiger partial charge >= 0.3 is 0 Å². The van der Waals surface area contributed by atoms with E-state index in [1.54, 1.807) is 12.1 Å². The zero-order valence-electron chi connectivity index (χ0n) is 13.7. The summed E-state index contributed by atoms with van der Waals surface area (Å²) in [6.45, 7) is 2.55. The number of anilines is 1. The van der Waals surface area contributed by atoms with Crippen LogP contribution in [0.3, 0.4) is 0 Å². The van der Waals surface area contributed by atoms with Gasteiger partial charge < -0.3 is 10.5 Å². The Hall–Kier alpha value is -3.03. The average Bonchev–Trinajstić information content (AvgIpc) is 2.62. The molecule has 0 atom stereocenters. The summed E-state index contributed by atoms with van der Waals surface area (Å²) in [7, 11) is 0. The van der Waals surface area contributed by atoms with Crippen molar-refractivity contribution in [2.75, 3.05) is 12.3 Å². The highest BCUT2D eigenvalue weighted by molar-refractivity contribution is 6.30. The molecule has 0 fully saturated rings. The van der Waals surface area contributed by atoms with Gasteiger partial charge in [-0.25, -0.2) is 4.98 Å². The van der Waals surface area contributed by atoms with Crippen LogP contribution in [0.4, 0.5) is 5.82 Å². The Morgan fingerprint density at radius 3 is 2.52 bits per heavy atom. The number of hydrogen-bond donors (Lipinski definition) is 1. The van der Waals surface area contributed by atoms with Gasteiger partial charge in [-0.1, -0.05) is 23.7 Å². The highest BCUT2D eigenvalue weighted by Gasteiger charge is 2.13. The maximum absolute atomic E-state index is 9.47. The lowest BCUT2D eigenvalue weighted by molar-refractivity contribution is 0.340. The van der Waals surface area contributed by atoms with E-state index in [2.05, 4.69) is 11.1 Å². The van der Waals surface area contributed by atoms with Crippen LogP contribution in [0.25, 0.3) is 22.4 Å². The van der Waals surface area contributed by atoms with Crippen LogP contribution in [0.15, 0.2) is 54.6 Å². The fourth-order valence-electron chi connectivity index (χ4n) is 2.60. The van der Waals surface area contributed by atoms with E-state index in [0.29, 0.717) is 28.5 Å². The molecular weight excluding hydrogens is 334 g/mol. The van der Waals surface area contributed by atoms with Crippen molar-refractivity contribution in [3.05, 3.63) is 65.2 Å². The SMILES string of the molecule is CCOc1ccc(-c2cc(-c3cccc(Cl)c3)c(C#N)c(N)n2)cc1. The molecule has 3 aromatic rings. The average molecular weight is 350 g/mol. The first kappa shape index (κ1) is 16.8. The molecule has 5 heteroatoms. The van der Waals surface area contributed by atoms with Gasteiger partial charge in [0.1, 0.15) is 23.2 Å². The van der Waals surface area contributed by atoms with Crippen LogP contribution in [0.5, 0.6) is 5.75 Å². The highest BCUT2D eigenvalue weighted by Crippen LogP contribution is 2.32. The van der Waals surface area contributed by atoms with Crippen LogP contribution in [-0.4, -0.2) is 11.6 Å². The van der Waals surface area contributed by atoms with E-state index in [4.69, 9.17) is 22.1 Å². The van der Waals surface area contributed by atoms with Crippen molar-refractivity contribution in [1.29, 1.82) is 5.26 Å². The summed E-state index contributed by atoms with van der Waals surface area (Å²) in [5, 5.41) is 10.1. The third kappa shape index (κ3) is 3.57. The summed E-state index contributed by atoms with van der Waals surface area (Å²) >= 11 is 6.09. The summed E-state index contributed by atoms with van der Waals surface area (Å²) in [5.74, 6) is 0.992. The number of nitriles is 1. The fraction of sp³-hybridized carbons (Fsp3) is 0.100. The molecule has 0 spiro atoms. The van der Waals surface area contributed by atoms with Crippen molar-refractivity contribution in [3.63, 3.8) is 0 Å². The van der Waals surface area contributed by atoms with E-state index in [0.717, 1.165) is 16.9 Å². The molecule has 0 saturated carbocycles. The minimum absolute atomic E-state index is 0.198. The first-order valence-corrected chi connectivity index (χ1v) is 8.20. The predicted molar refractivity (Wildman–Crippen MR) is 100 cm³/mol. The molecule has 0 amide bonds. The molecule has 25 heavy (non-hydrogen) atoms. The van der Waals surface area contributed by atoms with E-state index in [1.165, 1.54) is 0 Å². The van der Waals surface area contributed by atoms with Crippen LogP contribution in [0.1, 0.15) is 12.5 Å². The number of pyridine rings is 1. The number of hydrogen-bond acceptors (Lipinski definition) is 4. The maximum Gasteiger partial charge on any atom is 0.142 e. The Bertz CT molecular complexity index is 946. The molecule has 1 aromatic heterocycles. The molecule has 4 nitrogen and oxygen atoms in total. The van der Waals surface area contributed by atoms with E-state index in [1.807, 2.05) is 49.4 Å². The quantitative estimate of drug-likeness (QED) is 0.725. The number of nitrogens with two attached hydrogens (primary N) is 1. The third-order valence-corrected chi connectivity index (χ3v) is 3.99. The molecule has 0 radical (unpaired) electrons. The Labute approximate surface area is 151 Å². The lowest BCUT2D eigenvalue weighted by Gasteiger charge is -2.11. The van der Waals surface area contributed by atoms with Gasteiger partial charge in [0.05, 0.1) is 12.3 Å². The lowest BCUT2D eigenvalue weighted by Crippen LogP contribution is -2.00. The van der Waals surface area contributed by atoms with Gasteiger partial charge in [0.15, 0.2) is 0 Å². The molecule has 2 N–H and O–H groups in total. The largest absolute Gasteiger partial charge is 0.494 e. The number of rotatable bonds is 4. The van der Waals surface area contributed by atoms with Crippen molar-refractivity contribution in [2.24, 2.45) is 0 Å². The second-order valence-electron chi connectivity index (χ2n) is 5.39. The molecular formula is C20H16ClN3O. The molecule has 0 aliphatic heterocycles. The minimum atomic E-state index is 0.198.